The van der Waals surface area contributed by atoms with E-state index in [-0.39, 0.29) is 18.3 Å². The number of thiophene rings is 1. The first-order valence-electron chi connectivity index (χ1n) is 6.75. The molecule has 2 aromatic rings. The molecule has 0 aliphatic carbocycles. The van der Waals surface area contributed by atoms with Gasteiger partial charge >= 0.3 is 7.12 Å². The molecule has 0 saturated carbocycles. The lowest BCUT2D eigenvalue weighted by Gasteiger charge is -2.32. The van der Waals surface area contributed by atoms with Crippen molar-refractivity contribution in [3.8, 4) is 5.69 Å². The molecule has 0 atom stereocenters. The molecule has 0 unspecified atom stereocenters. The molecule has 0 radical (unpaired) electrons. The van der Waals surface area contributed by atoms with Crippen molar-refractivity contribution in [1.29, 1.82) is 0 Å². The zero-order chi connectivity index (χ0) is 14.5. The summed E-state index contributed by atoms with van der Waals surface area (Å²) in [7, 11) is -0.296. The fraction of sp³-hybridized carbons (Fsp3) is 0.500. The summed E-state index contributed by atoms with van der Waals surface area (Å²) in [6, 6.07) is 4.07. The first-order chi connectivity index (χ1) is 9.28. The number of rotatable bonds is 2. The van der Waals surface area contributed by atoms with E-state index >= 15 is 0 Å². The van der Waals surface area contributed by atoms with Gasteiger partial charge in [-0.3, -0.25) is 0 Å². The molecule has 4 nitrogen and oxygen atoms in total. The highest BCUT2D eigenvalue weighted by atomic mass is 32.1. The van der Waals surface area contributed by atoms with Crippen LogP contribution in [-0.2, 0) is 9.31 Å². The summed E-state index contributed by atoms with van der Waals surface area (Å²) in [5.74, 6) is 0. The molecule has 3 heterocycles. The third-order valence-electron chi connectivity index (χ3n) is 4.08. The summed E-state index contributed by atoms with van der Waals surface area (Å²) < 4.78 is 15.1. The van der Waals surface area contributed by atoms with Crippen molar-refractivity contribution in [1.82, 2.24) is 9.78 Å². The molecule has 0 amide bonds. The predicted molar refractivity (Wildman–Crippen MR) is 81.9 cm³/mol. The van der Waals surface area contributed by atoms with Crippen molar-refractivity contribution in [3.63, 3.8) is 0 Å². The molecule has 0 spiro atoms. The lowest BCUT2D eigenvalue weighted by molar-refractivity contribution is 0.00578. The number of nitrogens with zero attached hydrogens (tertiary/aromatic N) is 2. The molecule has 0 aromatic carbocycles. The Bertz CT molecular complexity index is 617. The summed E-state index contributed by atoms with van der Waals surface area (Å²) in [6.07, 6.45) is 1.96. The highest BCUT2D eigenvalue weighted by Gasteiger charge is 2.52. The molecule has 0 bridgehead atoms. The highest BCUT2D eigenvalue weighted by Crippen LogP contribution is 2.37. The van der Waals surface area contributed by atoms with E-state index in [1.54, 1.807) is 11.3 Å². The van der Waals surface area contributed by atoms with Crippen LogP contribution in [0.15, 0.2) is 23.7 Å². The predicted octanol–water partition coefficient (Wildman–Crippen LogP) is 2.54. The van der Waals surface area contributed by atoms with Crippen LogP contribution < -0.4 is 4.78 Å². The summed E-state index contributed by atoms with van der Waals surface area (Å²) in [5, 5.41) is 6.50. The zero-order valence-corrected chi connectivity index (χ0v) is 13.3. The quantitative estimate of drug-likeness (QED) is 0.797. The van der Waals surface area contributed by atoms with E-state index in [2.05, 4.69) is 44.2 Å². The van der Waals surface area contributed by atoms with Gasteiger partial charge in [-0.2, -0.15) is 16.4 Å². The first kappa shape index (κ1) is 13.9. The minimum atomic E-state index is -0.301. The Morgan fingerprint density at radius 3 is 2.40 bits per heavy atom. The summed E-state index contributed by atoms with van der Waals surface area (Å²) in [5.41, 5.74) is 1.45. The Kier molecular flexibility index (Phi) is 3.08. The Morgan fingerprint density at radius 1 is 1.20 bits per heavy atom. The second-order valence-electron chi connectivity index (χ2n) is 6.20. The molecule has 1 fully saturated rings. The summed E-state index contributed by atoms with van der Waals surface area (Å²) in [6.45, 7) is 10.3. The van der Waals surface area contributed by atoms with Crippen LogP contribution in [0.3, 0.4) is 0 Å². The molecule has 1 aliphatic rings. The van der Waals surface area contributed by atoms with Crippen molar-refractivity contribution in [2.24, 2.45) is 0 Å². The van der Waals surface area contributed by atoms with E-state index in [9.17, 15) is 0 Å². The highest BCUT2D eigenvalue weighted by molar-refractivity contribution is 7.21. The third kappa shape index (κ3) is 2.22. The Morgan fingerprint density at radius 2 is 1.85 bits per heavy atom. The van der Waals surface area contributed by atoms with Gasteiger partial charge in [0.1, 0.15) is 0 Å². The fourth-order valence-electron chi connectivity index (χ4n) is 2.10. The van der Waals surface area contributed by atoms with Gasteiger partial charge in [-0.25, -0.2) is 4.68 Å². The van der Waals surface area contributed by atoms with E-state index in [0.29, 0.717) is 0 Å². The molecule has 20 heavy (non-hydrogen) atoms. The lowest BCUT2D eigenvalue weighted by Crippen LogP contribution is -2.41. The normalized spacial score (nSPS) is 20.6. The van der Waals surface area contributed by atoms with Crippen LogP contribution in [0.25, 0.3) is 5.69 Å². The Labute approximate surface area is 123 Å². The molecule has 6 heteroatoms. The van der Waals surface area contributed by atoms with Gasteiger partial charge in [0.15, 0.2) is 0 Å². The van der Waals surface area contributed by atoms with E-state index < -0.39 is 0 Å². The van der Waals surface area contributed by atoms with Gasteiger partial charge in [-0.05, 0) is 46.8 Å². The second-order valence-corrected chi connectivity index (χ2v) is 7.14. The van der Waals surface area contributed by atoms with Gasteiger partial charge in [0, 0.05) is 16.4 Å². The molecule has 1 aliphatic heterocycles. The first-order valence-corrected chi connectivity index (χ1v) is 7.63. The van der Waals surface area contributed by atoms with E-state index in [0.717, 1.165) is 16.2 Å². The van der Waals surface area contributed by atoms with Gasteiger partial charge in [0.25, 0.3) is 0 Å². The largest absolute Gasteiger partial charge is 0.505 e. The number of hydrogen-bond acceptors (Lipinski definition) is 4. The van der Waals surface area contributed by atoms with Gasteiger partial charge in [0.05, 0.1) is 22.6 Å². The van der Waals surface area contributed by atoms with Crippen LogP contribution in [0.2, 0.25) is 0 Å². The van der Waals surface area contributed by atoms with Crippen molar-refractivity contribution >= 4 is 23.2 Å². The Hall–Kier alpha value is -1.11. The second kappa shape index (κ2) is 4.45. The molecular formula is C14H19BN2O2S. The summed E-state index contributed by atoms with van der Waals surface area (Å²) >= 11 is 1.64. The maximum absolute atomic E-state index is 6.06. The zero-order valence-electron chi connectivity index (χ0n) is 12.5. The van der Waals surface area contributed by atoms with Gasteiger partial charge in [-0.1, -0.05) is 0 Å². The van der Waals surface area contributed by atoms with Crippen LogP contribution in [0.4, 0.5) is 0 Å². The smallest absolute Gasteiger partial charge is 0.399 e. The van der Waals surface area contributed by atoms with Gasteiger partial charge in [-0.15, -0.1) is 0 Å². The summed E-state index contributed by atoms with van der Waals surface area (Å²) in [4.78, 5) is 0. The number of aryl methyl sites for hydroxylation is 1. The minimum absolute atomic E-state index is 0.296. The van der Waals surface area contributed by atoms with E-state index in [1.165, 1.54) is 0 Å². The molecule has 0 N–H and O–H groups in total. The molecule has 1 saturated heterocycles. The fourth-order valence-corrected chi connectivity index (χ4v) is 2.93. The maximum atomic E-state index is 6.06. The molecule has 106 valence electrons. The van der Waals surface area contributed by atoms with Crippen molar-refractivity contribution in [2.75, 3.05) is 0 Å². The third-order valence-corrected chi connectivity index (χ3v) is 5.02. The number of aromatic nitrogens is 2. The monoisotopic (exact) mass is 290 g/mol. The molecular weight excluding hydrogens is 271 g/mol. The van der Waals surface area contributed by atoms with E-state index in [1.807, 2.05) is 23.9 Å². The van der Waals surface area contributed by atoms with Gasteiger partial charge < -0.3 is 9.31 Å². The van der Waals surface area contributed by atoms with Crippen LogP contribution in [0.5, 0.6) is 0 Å². The van der Waals surface area contributed by atoms with Crippen LogP contribution >= 0.6 is 11.3 Å². The molecule has 3 rings (SSSR count). The van der Waals surface area contributed by atoms with Crippen molar-refractivity contribution in [2.45, 2.75) is 45.8 Å². The molecule has 2 aromatic heterocycles. The van der Waals surface area contributed by atoms with Crippen LogP contribution in [0.1, 0.15) is 33.4 Å². The average Bonchev–Trinajstić information content (AvgIpc) is 2.98. The minimum Gasteiger partial charge on any atom is -0.399 e. The standard InChI is InChI=1S/C14H19BN2O2S/c1-10-6-7-17(16-10)11-8-12(20-9-11)15-18-13(2,3)14(4,5)19-15/h6-9H,1-5H3. The lowest BCUT2D eigenvalue weighted by atomic mass is 9.88. The average molecular weight is 290 g/mol. The van der Waals surface area contributed by atoms with Crippen molar-refractivity contribution in [3.05, 3.63) is 29.4 Å². The van der Waals surface area contributed by atoms with E-state index in [4.69, 9.17) is 9.31 Å². The topological polar surface area (TPSA) is 36.3 Å². The SMILES string of the molecule is Cc1ccn(-c2csc(B3OC(C)(C)C(C)(C)O3)c2)n1. The van der Waals surface area contributed by atoms with Crippen LogP contribution in [0, 0.1) is 6.92 Å². The maximum Gasteiger partial charge on any atom is 0.505 e. The number of hydrogen-bond donors (Lipinski definition) is 0. The van der Waals surface area contributed by atoms with Crippen molar-refractivity contribution < 1.29 is 9.31 Å². The van der Waals surface area contributed by atoms with Gasteiger partial charge in [0.2, 0.25) is 0 Å². The van der Waals surface area contributed by atoms with Crippen LogP contribution in [-0.4, -0.2) is 28.1 Å². The Balaban J connectivity index is 1.85.